The number of aliphatic hydroxyl groups excluding tert-OH is 1. The number of hydrogen-bond donors (Lipinski definition) is 1. The van der Waals surface area contributed by atoms with Crippen LogP contribution in [0.2, 0.25) is 0 Å². The fourth-order valence-corrected chi connectivity index (χ4v) is 1.71. The Morgan fingerprint density at radius 1 is 1.47 bits per heavy atom. The summed E-state index contributed by atoms with van der Waals surface area (Å²) in [6.07, 6.45) is 3.31. The monoisotopic (exact) mass is 233 g/mol. The van der Waals surface area contributed by atoms with Gasteiger partial charge in [0.1, 0.15) is 5.65 Å². The van der Waals surface area contributed by atoms with Crippen LogP contribution in [-0.4, -0.2) is 39.6 Å². The number of hydrogen-bond acceptors (Lipinski definition) is 4. The molecule has 5 nitrogen and oxygen atoms in total. The molecule has 0 aromatic carbocycles. The lowest BCUT2D eigenvalue weighted by molar-refractivity contribution is 0.216. The summed E-state index contributed by atoms with van der Waals surface area (Å²) in [6, 6.07) is 5.44. The van der Waals surface area contributed by atoms with Crippen molar-refractivity contribution >= 4 is 5.65 Å². The fraction of sp³-hybridized carbons (Fsp3) is 0.333. The van der Waals surface area contributed by atoms with Crippen LogP contribution in [0.25, 0.3) is 5.65 Å². The molecule has 2 rings (SSSR count). The highest BCUT2D eigenvalue weighted by molar-refractivity contribution is 5.37. The summed E-state index contributed by atoms with van der Waals surface area (Å²) in [5.74, 6) is 0. The van der Waals surface area contributed by atoms with Crippen LogP contribution >= 0.6 is 0 Å². The second kappa shape index (κ2) is 5.07. The average Bonchev–Trinajstić information content (AvgIpc) is 2.33. The summed E-state index contributed by atoms with van der Waals surface area (Å²) in [4.78, 5) is 18.2. The summed E-state index contributed by atoms with van der Waals surface area (Å²) in [6.45, 7) is 1.11. The first-order chi connectivity index (χ1) is 8.22. The molecule has 17 heavy (non-hydrogen) atoms. The normalized spacial score (nSPS) is 11.2. The van der Waals surface area contributed by atoms with E-state index in [0.29, 0.717) is 24.3 Å². The molecule has 0 aliphatic carbocycles. The Balaban J connectivity index is 2.36. The molecule has 0 unspecified atom stereocenters. The van der Waals surface area contributed by atoms with Gasteiger partial charge in [0.05, 0.1) is 12.2 Å². The van der Waals surface area contributed by atoms with Crippen LogP contribution in [-0.2, 0) is 6.54 Å². The summed E-state index contributed by atoms with van der Waals surface area (Å²) in [5.41, 5.74) is 1.22. The topological polar surface area (TPSA) is 57.8 Å². The van der Waals surface area contributed by atoms with Gasteiger partial charge in [0, 0.05) is 25.5 Å². The van der Waals surface area contributed by atoms with Crippen LogP contribution < -0.4 is 5.56 Å². The molecule has 0 saturated carbocycles. The number of aliphatic hydroxyl groups is 1. The molecule has 0 atom stereocenters. The number of pyridine rings is 1. The summed E-state index contributed by atoms with van der Waals surface area (Å²) >= 11 is 0. The summed E-state index contributed by atoms with van der Waals surface area (Å²) < 4.78 is 1.53. The molecular formula is C12H15N3O2. The van der Waals surface area contributed by atoms with Gasteiger partial charge in [0.25, 0.3) is 5.56 Å². The number of aromatic nitrogens is 2. The molecule has 90 valence electrons. The van der Waals surface area contributed by atoms with E-state index in [9.17, 15) is 4.79 Å². The minimum Gasteiger partial charge on any atom is -0.395 e. The Hall–Kier alpha value is -1.72. The number of nitrogens with zero attached hydrogens (tertiary/aromatic N) is 3. The molecule has 0 fully saturated rings. The molecule has 0 saturated heterocycles. The van der Waals surface area contributed by atoms with Crippen molar-refractivity contribution in [3.05, 3.63) is 46.5 Å². The van der Waals surface area contributed by atoms with Crippen LogP contribution in [0.4, 0.5) is 0 Å². The Labute approximate surface area is 99.0 Å². The molecule has 0 bridgehead atoms. The van der Waals surface area contributed by atoms with E-state index in [1.165, 1.54) is 4.40 Å². The molecule has 5 heteroatoms. The molecule has 0 amide bonds. The molecule has 0 radical (unpaired) electrons. The Kier molecular flexibility index (Phi) is 3.51. The van der Waals surface area contributed by atoms with E-state index >= 15 is 0 Å². The zero-order chi connectivity index (χ0) is 12.3. The zero-order valence-electron chi connectivity index (χ0n) is 9.71. The van der Waals surface area contributed by atoms with Crippen LogP contribution in [0.15, 0.2) is 35.4 Å². The van der Waals surface area contributed by atoms with E-state index in [4.69, 9.17) is 5.11 Å². The van der Waals surface area contributed by atoms with E-state index in [-0.39, 0.29) is 12.2 Å². The van der Waals surface area contributed by atoms with Gasteiger partial charge >= 0.3 is 0 Å². The summed E-state index contributed by atoms with van der Waals surface area (Å²) in [5, 5.41) is 8.82. The number of rotatable bonds is 4. The highest BCUT2D eigenvalue weighted by Crippen LogP contribution is 1.99. The Morgan fingerprint density at radius 2 is 2.29 bits per heavy atom. The van der Waals surface area contributed by atoms with Gasteiger partial charge in [-0.2, -0.15) is 0 Å². The van der Waals surface area contributed by atoms with E-state index in [1.54, 1.807) is 24.5 Å². The minimum atomic E-state index is -0.0552. The maximum atomic E-state index is 12.1. The first kappa shape index (κ1) is 11.8. The second-order valence-corrected chi connectivity index (χ2v) is 3.98. The Morgan fingerprint density at radius 3 is 3.06 bits per heavy atom. The van der Waals surface area contributed by atoms with Crippen molar-refractivity contribution in [3.8, 4) is 0 Å². The molecule has 0 aliphatic rings. The van der Waals surface area contributed by atoms with Crippen LogP contribution in [0.3, 0.4) is 0 Å². The maximum Gasteiger partial charge on any atom is 0.262 e. The van der Waals surface area contributed by atoms with Crippen molar-refractivity contribution < 1.29 is 5.11 Å². The highest BCUT2D eigenvalue weighted by atomic mass is 16.3. The van der Waals surface area contributed by atoms with Gasteiger partial charge in [-0.05, 0) is 19.2 Å². The van der Waals surface area contributed by atoms with Crippen molar-refractivity contribution in [3.63, 3.8) is 0 Å². The Bertz CT molecular complexity index is 565. The van der Waals surface area contributed by atoms with Crippen LogP contribution in [0.5, 0.6) is 0 Å². The van der Waals surface area contributed by atoms with E-state index in [2.05, 4.69) is 4.98 Å². The van der Waals surface area contributed by atoms with Crippen molar-refractivity contribution in [1.29, 1.82) is 0 Å². The highest BCUT2D eigenvalue weighted by Gasteiger charge is 2.06. The number of fused-ring (bicyclic) bond motifs is 1. The van der Waals surface area contributed by atoms with Crippen LogP contribution in [0.1, 0.15) is 5.56 Å². The van der Waals surface area contributed by atoms with Gasteiger partial charge in [0.2, 0.25) is 0 Å². The smallest absolute Gasteiger partial charge is 0.262 e. The average molecular weight is 233 g/mol. The molecular weight excluding hydrogens is 218 g/mol. The molecule has 0 aliphatic heterocycles. The van der Waals surface area contributed by atoms with Crippen molar-refractivity contribution in [1.82, 2.24) is 14.3 Å². The lowest BCUT2D eigenvalue weighted by Gasteiger charge is -2.14. The molecule has 2 aromatic rings. The van der Waals surface area contributed by atoms with E-state index in [1.807, 2.05) is 18.0 Å². The third-order valence-corrected chi connectivity index (χ3v) is 2.61. The first-order valence-electron chi connectivity index (χ1n) is 5.47. The van der Waals surface area contributed by atoms with E-state index in [0.717, 1.165) is 0 Å². The lowest BCUT2D eigenvalue weighted by atomic mass is 10.3. The molecule has 2 heterocycles. The van der Waals surface area contributed by atoms with Gasteiger partial charge in [-0.25, -0.2) is 4.98 Å². The first-order valence-corrected chi connectivity index (χ1v) is 5.47. The third-order valence-electron chi connectivity index (χ3n) is 2.61. The minimum absolute atomic E-state index is 0.0552. The lowest BCUT2D eigenvalue weighted by Crippen LogP contribution is -2.27. The third kappa shape index (κ3) is 2.51. The largest absolute Gasteiger partial charge is 0.395 e. The molecule has 2 aromatic heterocycles. The van der Waals surface area contributed by atoms with E-state index < -0.39 is 0 Å². The zero-order valence-corrected chi connectivity index (χ0v) is 9.71. The van der Waals surface area contributed by atoms with Crippen molar-refractivity contribution in [2.75, 3.05) is 20.2 Å². The molecule has 1 N–H and O–H groups in total. The molecule has 0 spiro atoms. The number of likely N-dealkylation sites (N-methyl/N-ethyl adjacent to an activating group) is 1. The second-order valence-electron chi connectivity index (χ2n) is 3.98. The maximum absolute atomic E-state index is 12.1. The predicted octanol–water partition coefficient (Wildman–Crippen LogP) is 0.119. The quantitative estimate of drug-likeness (QED) is 0.815. The fourth-order valence-electron chi connectivity index (χ4n) is 1.71. The predicted molar refractivity (Wildman–Crippen MR) is 64.9 cm³/mol. The van der Waals surface area contributed by atoms with Crippen molar-refractivity contribution in [2.45, 2.75) is 6.54 Å². The van der Waals surface area contributed by atoms with Gasteiger partial charge in [-0.15, -0.1) is 0 Å². The van der Waals surface area contributed by atoms with Gasteiger partial charge < -0.3 is 5.11 Å². The van der Waals surface area contributed by atoms with Gasteiger partial charge in [-0.3, -0.25) is 14.1 Å². The summed E-state index contributed by atoms with van der Waals surface area (Å²) in [7, 11) is 1.86. The van der Waals surface area contributed by atoms with Gasteiger partial charge in [-0.1, -0.05) is 6.07 Å². The standard InChI is InChI=1S/C12H15N3O2/c1-14(6-7-16)9-10-8-13-11-4-2-3-5-15(11)12(10)17/h2-5,8,16H,6-7,9H2,1H3. The SMILES string of the molecule is CN(CCO)Cc1cnc2ccccn2c1=O. The van der Waals surface area contributed by atoms with Gasteiger partial charge in [0.15, 0.2) is 0 Å². The van der Waals surface area contributed by atoms with Crippen LogP contribution in [0, 0.1) is 0 Å². The van der Waals surface area contributed by atoms with Crippen molar-refractivity contribution in [2.24, 2.45) is 0 Å².